The summed E-state index contributed by atoms with van der Waals surface area (Å²) in [6, 6.07) is 7.68. The lowest BCUT2D eigenvalue weighted by Crippen LogP contribution is -2.49. The first-order chi connectivity index (χ1) is 17.5. The molecule has 0 aromatic heterocycles. The van der Waals surface area contributed by atoms with E-state index in [0.717, 1.165) is 24.9 Å². The zero-order valence-electron chi connectivity index (χ0n) is 22.2. The van der Waals surface area contributed by atoms with E-state index in [-0.39, 0.29) is 18.2 Å². The van der Waals surface area contributed by atoms with Crippen LogP contribution >= 0.6 is 11.6 Å². The highest BCUT2D eigenvalue weighted by atomic mass is 35.5. The third-order valence-electron chi connectivity index (χ3n) is 6.66. The van der Waals surface area contributed by atoms with E-state index in [1.54, 1.807) is 0 Å². The number of carbonyl (C=O) groups excluding carboxylic acids is 2. The maximum absolute atomic E-state index is 13.3. The fourth-order valence-electron chi connectivity index (χ4n) is 4.87. The van der Waals surface area contributed by atoms with Gasteiger partial charge in [-0.3, -0.25) is 0 Å². The van der Waals surface area contributed by atoms with Gasteiger partial charge in [-0.05, 0) is 49.9 Å². The molecule has 8 nitrogen and oxygen atoms in total. The van der Waals surface area contributed by atoms with Gasteiger partial charge in [0.15, 0.2) is 0 Å². The molecule has 0 radical (unpaired) electrons. The Hall–Kier alpha value is -2.03. The molecule has 1 saturated carbocycles. The van der Waals surface area contributed by atoms with Crippen LogP contribution in [0.5, 0.6) is 0 Å². The molecular formula is C27H45ClN4O4. The molecule has 2 rings (SSSR count). The maximum atomic E-state index is 13.3. The third kappa shape index (κ3) is 11.4. The standard InChI is InChI=1S/C27H45ClN4O4/c1-4-15-32(26(33)31-24(20-29-2)18-21-9-6-5-7-10-21)16-13-25(22-11-8-12-23(28)19-22)36-17-14-30-27(34)35-3/h8,11-12,19,21,24-25,29H,4-7,9-10,13-18,20H2,1-3H3,(H,30,34)(H,31,33)/t24-,25?/m0/s1. The van der Waals surface area contributed by atoms with Gasteiger partial charge in [-0.2, -0.15) is 0 Å². The van der Waals surface area contributed by atoms with Crippen molar-refractivity contribution in [2.24, 2.45) is 5.92 Å². The molecule has 0 spiro atoms. The van der Waals surface area contributed by atoms with Crippen LogP contribution in [-0.2, 0) is 9.47 Å². The lowest BCUT2D eigenvalue weighted by molar-refractivity contribution is 0.0425. The molecule has 0 heterocycles. The second-order valence-electron chi connectivity index (χ2n) is 9.55. The quantitative estimate of drug-likeness (QED) is 0.277. The van der Waals surface area contributed by atoms with E-state index in [0.29, 0.717) is 43.6 Å². The Morgan fingerprint density at radius 1 is 1.19 bits per heavy atom. The van der Waals surface area contributed by atoms with Crippen molar-refractivity contribution in [3.63, 3.8) is 0 Å². The number of methoxy groups -OCH3 is 1. The van der Waals surface area contributed by atoms with Crippen molar-refractivity contribution in [1.82, 2.24) is 20.9 Å². The minimum absolute atomic E-state index is 0.0230. The number of likely N-dealkylation sites (N-methyl/N-ethyl adjacent to an activating group) is 1. The van der Waals surface area contributed by atoms with Crippen LogP contribution in [0.3, 0.4) is 0 Å². The van der Waals surface area contributed by atoms with Crippen LogP contribution in [0.15, 0.2) is 24.3 Å². The minimum atomic E-state index is -0.493. The number of carbonyl (C=O) groups is 2. The highest BCUT2D eigenvalue weighted by Crippen LogP contribution is 2.28. The van der Waals surface area contributed by atoms with Crippen LogP contribution in [-0.4, -0.2) is 70.0 Å². The molecule has 1 fully saturated rings. The van der Waals surface area contributed by atoms with E-state index in [1.165, 1.54) is 39.2 Å². The smallest absolute Gasteiger partial charge is 0.406 e. The van der Waals surface area contributed by atoms with Gasteiger partial charge in [0.25, 0.3) is 0 Å². The Balaban J connectivity index is 1.99. The molecule has 2 atom stereocenters. The Morgan fingerprint density at radius 2 is 1.97 bits per heavy atom. The predicted molar refractivity (Wildman–Crippen MR) is 144 cm³/mol. The maximum Gasteiger partial charge on any atom is 0.406 e. The summed E-state index contributed by atoms with van der Waals surface area (Å²) in [6.07, 6.45) is 8.21. The molecule has 1 aromatic rings. The number of halogens is 1. The van der Waals surface area contributed by atoms with Crippen molar-refractivity contribution >= 4 is 23.7 Å². The topological polar surface area (TPSA) is 91.9 Å². The van der Waals surface area contributed by atoms with Crippen LogP contribution in [0, 0.1) is 5.92 Å². The minimum Gasteiger partial charge on any atom is -0.453 e. The molecule has 204 valence electrons. The zero-order valence-corrected chi connectivity index (χ0v) is 22.9. The number of urea groups is 1. The lowest BCUT2D eigenvalue weighted by atomic mass is 9.85. The predicted octanol–water partition coefficient (Wildman–Crippen LogP) is 5.12. The first-order valence-corrected chi connectivity index (χ1v) is 13.7. The molecule has 1 unspecified atom stereocenters. The molecule has 0 bridgehead atoms. The molecule has 9 heteroatoms. The Labute approximate surface area is 221 Å². The van der Waals surface area contributed by atoms with E-state index >= 15 is 0 Å². The van der Waals surface area contributed by atoms with Gasteiger partial charge in [0.05, 0.1) is 19.8 Å². The van der Waals surface area contributed by atoms with Gasteiger partial charge in [0.1, 0.15) is 0 Å². The number of rotatable bonds is 15. The van der Waals surface area contributed by atoms with Gasteiger partial charge in [-0.15, -0.1) is 0 Å². The number of amides is 3. The summed E-state index contributed by atoms with van der Waals surface area (Å²) in [4.78, 5) is 26.5. The van der Waals surface area contributed by atoms with Crippen molar-refractivity contribution in [2.45, 2.75) is 70.4 Å². The average molecular weight is 525 g/mol. The Bertz CT molecular complexity index is 776. The van der Waals surface area contributed by atoms with Gasteiger partial charge in [-0.1, -0.05) is 62.8 Å². The van der Waals surface area contributed by atoms with Crippen molar-refractivity contribution < 1.29 is 19.1 Å². The monoisotopic (exact) mass is 524 g/mol. The van der Waals surface area contributed by atoms with E-state index in [4.69, 9.17) is 16.3 Å². The number of hydrogen-bond donors (Lipinski definition) is 3. The summed E-state index contributed by atoms with van der Waals surface area (Å²) >= 11 is 6.23. The third-order valence-corrected chi connectivity index (χ3v) is 6.89. The summed E-state index contributed by atoms with van der Waals surface area (Å²) in [6.45, 7) is 4.72. The van der Waals surface area contributed by atoms with Crippen molar-refractivity contribution in [3.8, 4) is 0 Å². The number of nitrogens with one attached hydrogen (secondary N) is 3. The van der Waals surface area contributed by atoms with Gasteiger partial charge < -0.3 is 30.3 Å². The average Bonchev–Trinajstić information content (AvgIpc) is 2.88. The number of benzene rings is 1. The normalized spacial score (nSPS) is 15.7. The first kappa shape index (κ1) is 30.2. The summed E-state index contributed by atoms with van der Waals surface area (Å²) in [5.74, 6) is 0.691. The molecule has 1 aliphatic rings. The molecule has 1 aromatic carbocycles. The summed E-state index contributed by atoms with van der Waals surface area (Å²) in [5, 5.41) is 9.80. The molecule has 1 aliphatic carbocycles. The lowest BCUT2D eigenvalue weighted by Gasteiger charge is -2.30. The molecule has 3 N–H and O–H groups in total. The van der Waals surface area contributed by atoms with Crippen molar-refractivity contribution in [3.05, 3.63) is 34.9 Å². The zero-order chi connectivity index (χ0) is 26.2. The largest absolute Gasteiger partial charge is 0.453 e. The van der Waals surface area contributed by atoms with Crippen LogP contribution in [0.4, 0.5) is 9.59 Å². The van der Waals surface area contributed by atoms with Crippen LogP contribution in [0.1, 0.15) is 70.0 Å². The van der Waals surface area contributed by atoms with Crippen LogP contribution < -0.4 is 16.0 Å². The van der Waals surface area contributed by atoms with Crippen LogP contribution in [0.25, 0.3) is 0 Å². The fourth-order valence-corrected chi connectivity index (χ4v) is 5.07. The molecule has 0 aliphatic heterocycles. The van der Waals surface area contributed by atoms with E-state index in [1.807, 2.05) is 36.2 Å². The number of ether oxygens (including phenoxy) is 2. The number of alkyl carbamates (subject to hydrolysis) is 1. The second kappa shape index (κ2) is 17.4. The van der Waals surface area contributed by atoms with E-state index in [2.05, 4.69) is 27.6 Å². The summed E-state index contributed by atoms with van der Waals surface area (Å²) in [7, 11) is 3.26. The van der Waals surface area contributed by atoms with Gasteiger partial charge in [0, 0.05) is 37.2 Å². The Kier molecular flexibility index (Phi) is 14.6. The van der Waals surface area contributed by atoms with Gasteiger partial charge in [-0.25, -0.2) is 9.59 Å². The SMILES string of the molecule is CCCN(CCC(OCCNC(=O)OC)c1cccc(Cl)c1)C(=O)N[C@H](CNC)CC1CCCCC1. The molecular weight excluding hydrogens is 480 g/mol. The molecule has 3 amide bonds. The number of nitrogens with zero attached hydrogens (tertiary/aromatic N) is 1. The van der Waals surface area contributed by atoms with E-state index in [9.17, 15) is 9.59 Å². The molecule has 0 saturated heterocycles. The highest BCUT2D eigenvalue weighted by Gasteiger charge is 2.23. The van der Waals surface area contributed by atoms with E-state index < -0.39 is 6.09 Å². The fraction of sp³-hybridized carbons (Fsp3) is 0.704. The summed E-state index contributed by atoms with van der Waals surface area (Å²) in [5.41, 5.74) is 0.947. The van der Waals surface area contributed by atoms with Gasteiger partial charge >= 0.3 is 12.1 Å². The second-order valence-corrected chi connectivity index (χ2v) is 9.99. The van der Waals surface area contributed by atoms with Crippen molar-refractivity contribution in [1.29, 1.82) is 0 Å². The van der Waals surface area contributed by atoms with Gasteiger partial charge in [0.2, 0.25) is 0 Å². The van der Waals surface area contributed by atoms with Crippen molar-refractivity contribution in [2.75, 3.05) is 46.9 Å². The molecule has 36 heavy (non-hydrogen) atoms. The first-order valence-electron chi connectivity index (χ1n) is 13.4. The summed E-state index contributed by atoms with van der Waals surface area (Å²) < 4.78 is 10.7. The van der Waals surface area contributed by atoms with Crippen LogP contribution in [0.2, 0.25) is 5.02 Å². The Morgan fingerprint density at radius 3 is 2.64 bits per heavy atom. The number of hydrogen-bond acceptors (Lipinski definition) is 5. The highest BCUT2D eigenvalue weighted by molar-refractivity contribution is 6.30.